The van der Waals surface area contributed by atoms with Crippen LogP contribution >= 0.6 is 15.9 Å². The smallest absolute Gasteiger partial charge is 0.258 e. The summed E-state index contributed by atoms with van der Waals surface area (Å²) >= 11 is 3.25. The van der Waals surface area contributed by atoms with Crippen molar-refractivity contribution >= 4 is 28.1 Å². The topological polar surface area (TPSA) is 55.4 Å². The summed E-state index contributed by atoms with van der Waals surface area (Å²) in [5.74, 6) is -0.456. The third kappa shape index (κ3) is 4.39. The van der Waals surface area contributed by atoms with Crippen LogP contribution in [0, 0.1) is 5.82 Å². The Morgan fingerprint density at radius 1 is 1.27 bits per heavy atom. The largest absolute Gasteiger partial charge is 0.483 e. The highest BCUT2D eigenvalue weighted by Gasteiger charge is 2.08. The van der Waals surface area contributed by atoms with Gasteiger partial charge in [0, 0.05) is 16.6 Å². The van der Waals surface area contributed by atoms with Crippen molar-refractivity contribution in [1.29, 1.82) is 0 Å². The summed E-state index contributed by atoms with van der Waals surface area (Å²) in [4.78, 5) is 22.6. The van der Waals surface area contributed by atoms with E-state index in [2.05, 4.69) is 21.2 Å². The van der Waals surface area contributed by atoms with Gasteiger partial charge >= 0.3 is 0 Å². The van der Waals surface area contributed by atoms with Gasteiger partial charge in [0.25, 0.3) is 5.91 Å². The van der Waals surface area contributed by atoms with Crippen LogP contribution in [0.2, 0.25) is 0 Å². The van der Waals surface area contributed by atoms with Crippen molar-refractivity contribution in [3.05, 3.63) is 63.9 Å². The molecule has 0 radical (unpaired) electrons. The molecule has 0 aliphatic heterocycles. The minimum atomic E-state index is -0.400. The number of aldehydes is 1. The van der Waals surface area contributed by atoms with Crippen molar-refractivity contribution in [2.45, 2.75) is 6.54 Å². The lowest BCUT2D eigenvalue weighted by atomic mass is 10.2. The van der Waals surface area contributed by atoms with Crippen molar-refractivity contribution in [1.82, 2.24) is 5.32 Å². The van der Waals surface area contributed by atoms with Gasteiger partial charge in [-0.2, -0.15) is 0 Å². The van der Waals surface area contributed by atoms with E-state index >= 15 is 0 Å². The molecule has 2 rings (SSSR count). The predicted molar refractivity (Wildman–Crippen MR) is 83.3 cm³/mol. The van der Waals surface area contributed by atoms with Gasteiger partial charge in [-0.05, 0) is 24.3 Å². The molecule has 2 aromatic carbocycles. The van der Waals surface area contributed by atoms with Gasteiger partial charge in [0.1, 0.15) is 11.6 Å². The van der Waals surface area contributed by atoms with Gasteiger partial charge in [-0.25, -0.2) is 4.39 Å². The molecule has 6 heteroatoms. The van der Waals surface area contributed by atoms with Crippen LogP contribution in [0.5, 0.6) is 5.75 Å². The number of benzene rings is 2. The van der Waals surface area contributed by atoms with Crippen LogP contribution in [0.25, 0.3) is 0 Å². The molecule has 0 atom stereocenters. The summed E-state index contributed by atoms with van der Waals surface area (Å²) in [6, 6.07) is 11.1. The number of carbonyl (C=O) groups excluding carboxylic acids is 2. The first-order chi connectivity index (χ1) is 10.6. The first-order valence-corrected chi connectivity index (χ1v) is 7.27. The second kappa shape index (κ2) is 7.70. The highest BCUT2D eigenvalue weighted by atomic mass is 79.9. The zero-order chi connectivity index (χ0) is 15.9. The minimum absolute atomic E-state index is 0.0791. The number of hydrogen-bond donors (Lipinski definition) is 1. The van der Waals surface area contributed by atoms with Crippen LogP contribution in [0.4, 0.5) is 4.39 Å². The number of nitrogens with one attached hydrogen (secondary N) is 1. The number of carbonyl (C=O) groups is 2. The molecular weight excluding hydrogens is 353 g/mol. The fourth-order valence-electron chi connectivity index (χ4n) is 1.77. The number of hydrogen-bond acceptors (Lipinski definition) is 3. The van der Waals surface area contributed by atoms with E-state index in [9.17, 15) is 14.0 Å². The molecule has 4 nitrogen and oxygen atoms in total. The molecule has 0 saturated heterocycles. The van der Waals surface area contributed by atoms with Crippen LogP contribution in [0.3, 0.4) is 0 Å². The second-order valence-corrected chi connectivity index (χ2v) is 5.37. The molecule has 0 fully saturated rings. The normalized spacial score (nSPS) is 10.1. The van der Waals surface area contributed by atoms with Crippen molar-refractivity contribution < 1.29 is 18.7 Å². The molecule has 22 heavy (non-hydrogen) atoms. The minimum Gasteiger partial charge on any atom is -0.483 e. The number of rotatable bonds is 6. The van der Waals surface area contributed by atoms with Crippen molar-refractivity contribution in [2.24, 2.45) is 0 Å². The van der Waals surface area contributed by atoms with E-state index in [1.807, 2.05) is 0 Å². The lowest BCUT2D eigenvalue weighted by molar-refractivity contribution is -0.123. The molecule has 2 aromatic rings. The lowest BCUT2D eigenvalue weighted by Gasteiger charge is -2.09. The Morgan fingerprint density at radius 2 is 2.05 bits per heavy atom. The van der Waals surface area contributed by atoms with Crippen molar-refractivity contribution in [2.75, 3.05) is 6.61 Å². The van der Waals surface area contributed by atoms with Crippen LogP contribution in [-0.2, 0) is 11.3 Å². The Hall–Kier alpha value is -2.21. The zero-order valence-electron chi connectivity index (χ0n) is 11.5. The maximum atomic E-state index is 13.4. The number of ether oxygens (including phenoxy) is 1. The summed E-state index contributed by atoms with van der Waals surface area (Å²) in [6.07, 6.45) is 0.650. The molecule has 0 aliphatic rings. The van der Waals surface area contributed by atoms with Gasteiger partial charge < -0.3 is 10.1 Å². The monoisotopic (exact) mass is 365 g/mol. The van der Waals surface area contributed by atoms with Crippen LogP contribution in [-0.4, -0.2) is 18.8 Å². The molecule has 0 unspecified atom stereocenters. The van der Waals surface area contributed by atoms with E-state index < -0.39 is 5.91 Å². The molecule has 0 aliphatic carbocycles. The van der Waals surface area contributed by atoms with Crippen molar-refractivity contribution in [3.63, 3.8) is 0 Å². The average molecular weight is 366 g/mol. The van der Waals surface area contributed by atoms with Gasteiger partial charge in [-0.3, -0.25) is 9.59 Å². The van der Waals surface area contributed by atoms with E-state index in [0.717, 1.165) is 4.47 Å². The molecule has 0 saturated carbocycles. The molecular formula is C16H13BrFNO3. The van der Waals surface area contributed by atoms with E-state index in [4.69, 9.17) is 4.74 Å². The second-order valence-electron chi connectivity index (χ2n) is 4.46. The lowest BCUT2D eigenvalue weighted by Crippen LogP contribution is -2.28. The molecule has 0 aromatic heterocycles. The molecule has 0 bridgehead atoms. The predicted octanol–water partition coefficient (Wildman–Crippen LogP) is 3.10. The summed E-state index contributed by atoms with van der Waals surface area (Å²) in [6.45, 7) is -0.174. The highest BCUT2D eigenvalue weighted by molar-refractivity contribution is 9.10. The average Bonchev–Trinajstić information content (AvgIpc) is 2.52. The number of halogens is 2. The van der Waals surface area contributed by atoms with Crippen LogP contribution < -0.4 is 10.1 Å². The molecule has 114 valence electrons. The molecule has 0 heterocycles. The Bertz CT molecular complexity index is 691. The molecule has 1 N–H and O–H groups in total. The SMILES string of the molecule is O=Cc1cc(Br)ccc1OCC(=O)NCc1ccccc1F. The Kier molecular flexibility index (Phi) is 5.66. The van der Waals surface area contributed by atoms with E-state index in [1.54, 1.807) is 36.4 Å². The zero-order valence-corrected chi connectivity index (χ0v) is 13.1. The maximum absolute atomic E-state index is 13.4. The molecule has 0 spiro atoms. The molecule has 1 amide bonds. The van der Waals surface area contributed by atoms with Crippen molar-refractivity contribution in [3.8, 4) is 5.75 Å². The van der Waals surface area contributed by atoms with Gasteiger partial charge in [-0.15, -0.1) is 0 Å². The summed E-state index contributed by atoms with van der Waals surface area (Å²) in [5.41, 5.74) is 0.740. The Morgan fingerprint density at radius 3 is 2.77 bits per heavy atom. The first-order valence-electron chi connectivity index (χ1n) is 6.48. The third-order valence-electron chi connectivity index (χ3n) is 2.89. The van der Waals surface area contributed by atoms with Gasteiger partial charge in [0.15, 0.2) is 12.9 Å². The quantitative estimate of drug-likeness (QED) is 0.800. The fraction of sp³-hybridized carbons (Fsp3) is 0.125. The first kappa shape index (κ1) is 16.2. The van der Waals surface area contributed by atoms with Crippen LogP contribution in [0.1, 0.15) is 15.9 Å². The standard InChI is InChI=1S/C16H13BrFNO3/c17-13-5-6-15(12(7-13)9-20)22-10-16(21)19-8-11-3-1-2-4-14(11)18/h1-7,9H,8,10H2,(H,19,21). The van der Waals surface area contributed by atoms with Gasteiger partial charge in [-0.1, -0.05) is 34.1 Å². The van der Waals surface area contributed by atoms with E-state index in [-0.39, 0.29) is 19.0 Å². The summed E-state index contributed by atoms with van der Waals surface area (Å²) in [7, 11) is 0. The van der Waals surface area contributed by atoms with Crippen LogP contribution in [0.15, 0.2) is 46.9 Å². The third-order valence-corrected chi connectivity index (χ3v) is 3.38. The van der Waals surface area contributed by atoms with E-state index in [0.29, 0.717) is 23.2 Å². The summed E-state index contributed by atoms with van der Waals surface area (Å²) < 4.78 is 19.4. The Balaban J connectivity index is 1.88. The van der Waals surface area contributed by atoms with E-state index in [1.165, 1.54) is 6.07 Å². The maximum Gasteiger partial charge on any atom is 0.258 e. The number of amides is 1. The fourth-order valence-corrected chi connectivity index (χ4v) is 2.15. The highest BCUT2D eigenvalue weighted by Crippen LogP contribution is 2.21. The van der Waals surface area contributed by atoms with Gasteiger partial charge in [0.05, 0.1) is 5.56 Å². The summed E-state index contributed by atoms with van der Waals surface area (Å²) in [5, 5.41) is 2.56. The Labute approximate surface area is 135 Å². The van der Waals surface area contributed by atoms with Gasteiger partial charge in [0.2, 0.25) is 0 Å².